The van der Waals surface area contributed by atoms with E-state index in [2.05, 4.69) is 23.8 Å². The summed E-state index contributed by atoms with van der Waals surface area (Å²) in [4.78, 5) is 25.4. The second-order valence-corrected chi connectivity index (χ2v) is 11.5. The molecule has 38 heavy (non-hydrogen) atoms. The first-order valence-electron chi connectivity index (χ1n) is 13.0. The zero-order valence-corrected chi connectivity index (χ0v) is 24.3. The average molecular weight is 521 g/mol. The Morgan fingerprint density at radius 3 is 1.42 bits per heavy atom. The van der Waals surface area contributed by atoms with E-state index < -0.39 is 28.7 Å². The van der Waals surface area contributed by atoms with Crippen LogP contribution in [0.15, 0.2) is 61.7 Å². The van der Waals surface area contributed by atoms with Gasteiger partial charge in [-0.15, -0.1) is 0 Å². The lowest BCUT2D eigenvalue weighted by molar-refractivity contribution is 0.0300. The number of carbonyl (C=O) groups excluding carboxylic acids is 2. The number of allylic oxidation sites excluding steroid dienone is 2. The third kappa shape index (κ3) is 8.51. The molecule has 6 heteroatoms. The first kappa shape index (κ1) is 30.7. The van der Waals surface area contributed by atoms with Gasteiger partial charge in [-0.25, -0.2) is 9.59 Å². The summed E-state index contributed by atoms with van der Waals surface area (Å²) in [6, 6.07) is 15.8. The highest BCUT2D eigenvalue weighted by Gasteiger charge is 2.30. The molecule has 0 aliphatic rings. The molecule has 0 bridgehead atoms. The van der Waals surface area contributed by atoms with Gasteiger partial charge in [0.25, 0.3) is 0 Å². The lowest BCUT2D eigenvalue weighted by Gasteiger charge is -2.31. The average Bonchev–Trinajstić information content (AvgIpc) is 2.86. The smallest absolute Gasteiger partial charge is 0.407 e. The lowest BCUT2D eigenvalue weighted by Crippen LogP contribution is -2.44. The third-order valence-electron chi connectivity index (χ3n) is 6.94. The van der Waals surface area contributed by atoms with E-state index in [1.165, 1.54) is 0 Å². The van der Waals surface area contributed by atoms with Gasteiger partial charge < -0.3 is 20.1 Å². The van der Waals surface area contributed by atoms with E-state index in [1.54, 1.807) is 0 Å². The Hall–Kier alpha value is -3.54. The van der Waals surface area contributed by atoms with Crippen LogP contribution in [0, 0.1) is 5.41 Å². The maximum atomic E-state index is 12.7. The number of amides is 2. The van der Waals surface area contributed by atoms with Crippen LogP contribution >= 0.6 is 0 Å². The van der Waals surface area contributed by atoms with Gasteiger partial charge >= 0.3 is 12.2 Å². The van der Waals surface area contributed by atoms with E-state index in [-0.39, 0.29) is 13.2 Å². The number of hydrogen-bond donors (Lipinski definition) is 2. The minimum atomic E-state index is -0.644. The Bertz CT molecular complexity index is 1090. The van der Waals surface area contributed by atoms with E-state index in [1.807, 2.05) is 104 Å². The number of benzene rings is 2. The van der Waals surface area contributed by atoms with Crippen molar-refractivity contribution in [2.75, 3.05) is 13.2 Å². The molecule has 0 atom stereocenters. The summed E-state index contributed by atoms with van der Waals surface area (Å²) in [6.45, 7) is 23.7. The van der Waals surface area contributed by atoms with Crippen molar-refractivity contribution in [3.63, 3.8) is 0 Å². The normalized spacial score (nSPS) is 11.9. The van der Waals surface area contributed by atoms with E-state index >= 15 is 0 Å². The van der Waals surface area contributed by atoms with Crippen LogP contribution in [0.4, 0.5) is 9.59 Å². The fourth-order valence-electron chi connectivity index (χ4n) is 3.80. The topological polar surface area (TPSA) is 76.7 Å². The van der Waals surface area contributed by atoms with Crippen LogP contribution in [-0.2, 0) is 20.6 Å². The molecule has 2 N–H and O–H groups in total. The second-order valence-electron chi connectivity index (χ2n) is 11.5. The van der Waals surface area contributed by atoms with Crippen molar-refractivity contribution in [1.82, 2.24) is 10.6 Å². The molecule has 0 aliphatic heterocycles. The predicted molar refractivity (Wildman–Crippen MR) is 156 cm³/mol. The number of nitrogens with one attached hydrogen (secondary N) is 2. The van der Waals surface area contributed by atoms with Crippen molar-refractivity contribution in [3.8, 4) is 0 Å². The SMILES string of the molecule is C=C(C)c1cccc(C(C)(C)NC(=O)OCC(C)(CC)COC(=O)NC(C)(C)c2cccc(C(=C)C)c2)c1. The van der Waals surface area contributed by atoms with Crippen molar-refractivity contribution in [3.05, 3.63) is 83.9 Å². The Labute approximate surface area is 228 Å². The highest BCUT2D eigenvalue weighted by atomic mass is 16.6. The molecular weight excluding hydrogens is 476 g/mol. The van der Waals surface area contributed by atoms with Crippen molar-refractivity contribution >= 4 is 23.3 Å². The largest absolute Gasteiger partial charge is 0.449 e. The van der Waals surface area contributed by atoms with E-state index in [0.717, 1.165) is 33.4 Å². The summed E-state index contributed by atoms with van der Waals surface area (Å²) in [5, 5.41) is 5.89. The molecule has 206 valence electrons. The summed E-state index contributed by atoms with van der Waals surface area (Å²) in [5.74, 6) is 0. The fourth-order valence-corrected chi connectivity index (χ4v) is 3.80. The standard InChI is InChI=1S/C32H44N2O4/c1-11-32(10,20-37-28(35)33-30(6,7)26-16-12-14-24(18-26)22(2)3)21-38-29(36)34-31(8,9)27-17-13-15-25(19-27)23(4)5/h12-19H,2,4,11,20-21H2,1,3,5-10H3,(H,33,35)(H,34,36). The molecular formula is C32H44N2O4. The molecule has 0 saturated heterocycles. The van der Waals surface area contributed by atoms with Crippen LogP contribution in [-0.4, -0.2) is 25.4 Å². The molecule has 0 heterocycles. The zero-order valence-electron chi connectivity index (χ0n) is 24.3. The van der Waals surface area contributed by atoms with Crippen molar-refractivity contribution in [2.24, 2.45) is 5.41 Å². The van der Waals surface area contributed by atoms with Crippen LogP contribution in [0.25, 0.3) is 11.1 Å². The van der Waals surface area contributed by atoms with Gasteiger partial charge in [-0.3, -0.25) is 0 Å². The Morgan fingerprint density at radius 2 is 1.11 bits per heavy atom. The molecule has 2 aromatic carbocycles. The van der Waals surface area contributed by atoms with E-state index in [4.69, 9.17) is 9.47 Å². The molecule has 2 rings (SSSR count). The molecule has 0 aromatic heterocycles. The molecule has 0 saturated carbocycles. The van der Waals surface area contributed by atoms with Gasteiger partial charge in [-0.2, -0.15) is 0 Å². The summed E-state index contributed by atoms with van der Waals surface area (Å²) in [6.07, 6.45) is -0.404. The van der Waals surface area contributed by atoms with Crippen LogP contribution in [0.2, 0.25) is 0 Å². The molecule has 2 amide bonds. The summed E-state index contributed by atoms with van der Waals surface area (Å²) < 4.78 is 11.2. The number of carbonyl (C=O) groups is 2. The fraction of sp³-hybridized carbons (Fsp3) is 0.438. The monoisotopic (exact) mass is 520 g/mol. The number of rotatable bonds is 11. The minimum Gasteiger partial charge on any atom is -0.449 e. The molecule has 0 fully saturated rings. The van der Waals surface area contributed by atoms with Crippen LogP contribution in [0.5, 0.6) is 0 Å². The van der Waals surface area contributed by atoms with Crippen molar-refractivity contribution in [1.29, 1.82) is 0 Å². The first-order chi connectivity index (χ1) is 17.6. The third-order valence-corrected chi connectivity index (χ3v) is 6.94. The maximum Gasteiger partial charge on any atom is 0.407 e. The van der Waals surface area contributed by atoms with Gasteiger partial charge in [0.05, 0.1) is 11.1 Å². The maximum absolute atomic E-state index is 12.7. The van der Waals surface area contributed by atoms with Gasteiger partial charge in [0.1, 0.15) is 13.2 Å². The molecule has 0 radical (unpaired) electrons. The molecule has 0 spiro atoms. The predicted octanol–water partition coefficient (Wildman–Crippen LogP) is 7.79. The second kappa shape index (κ2) is 12.3. The Morgan fingerprint density at radius 1 is 0.737 bits per heavy atom. The van der Waals surface area contributed by atoms with Gasteiger partial charge in [0, 0.05) is 5.41 Å². The highest BCUT2D eigenvalue weighted by molar-refractivity contribution is 5.70. The molecule has 2 aromatic rings. The van der Waals surface area contributed by atoms with E-state index in [0.29, 0.717) is 6.42 Å². The molecule has 0 aliphatic carbocycles. The minimum absolute atomic E-state index is 0.106. The number of alkyl carbamates (subject to hydrolysis) is 2. The van der Waals surface area contributed by atoms with Crippen LogP contribution < -0.4 is 10.6 Å². The first-order valence-corrected chi connectivity index (χ1v) is 13.0. The van der Waals surface area contributed by atoms with Gasteiger partial charge in [0.15, 0.2) is 0 Å². The quantitative estimate of drug-likeness (QED) is 0.317. The van der Waals surface area contributed by atoms with Crippen molar-refractivity contribution in [2.45, 2.75) is 72.9 Å². The number of ether oxygens (including phenoxy) is 2. The summed E-state index contributed by atoms with van der Waals surface area (Å²) in [5.41, 5.74) is 4.02. The highest BCUT2D eigenvalue weighted by Crippen LogP contribution is 2.27. The molecule has 6 nitrogen and oxygen atoms in total. The van der Waals surface area contributed by atoms with Gasteiger partial charge in [-0.1, -0.05) is 74.5 Å². The van der Waals surface area contributed by atoms with E-state index in [9.17, 15) is 9.59 Å². The van der Waals surface area contributed by atoms with Gasteiger partial charge in [-0.05, 0) is 82.3 Å². The van der Waals surface area contributed by atoms with Crippen LogP contribution in [0.3, 0.4) is 0 Å². The zero-order chi connectivity index (χ0) is 28.7. The van der Waals surface area contributed by atoms with Crippen molar-refractivity contribution < 1.29 is 19.1 Å². The Kier molecular flexibility index (Phi) is 9.96. The Balaban J connectivity index is 1.94. The lowest BCUT2D eigenvalue weighted by atomic mass is 9.90. The van der Waals surface area contributed by atoms with Gasteiger partial charge in [0.2, 0.25) is 0 Å². The number of hydrogen-bond acceptors (Lipinski definition) is 4. The van der Waals surface area contributed by atoms with Crippen LogP contribution in [0.1, 0.15) is 84.1 Å². The molecule has 0 unspecified atom stereocenters. The summed E-state index contributed by atoms with van der Waals surface area (Å²) in [7, 11) is 0. The summed E-state index contributed by atoms with van der Waals surface area (Å²) >= 11 is 0.